The standard InChI is InChI=1S/C16H21N5O2/c1-5-16(6-2)18-13-20(14(22)17-3)11-9-7-8-10-12(11)21(13)15(23)19(16)4/h7-10H,5-6H2,1-4H3,(H,17,22). The van der Waals surface area contributed by atoms with Crippen molar-refractivity contribution in [2.24, 2.45) is 4.99 Å². The lowest BCUT2D eigenvalue weighted by atomic mass is 10.0. The van der Waals surface area contributed by atoms with Crippen LogP contribution in [0.25, 0.3) is 0 Å². The molecule has 0 saturated heterocycles. The van der Waals surface area contributed by atoms with E-state index in [2.05, 4.69) is 5.32 Å². The van der Waals surface area contributed by atoms with Gasteiger partial charge in [0.1, 0.15) is 5.66 Å². The highest BCUT2D eigenvalue weighted by atomic mass is 16.2. The number of fused-ring (bicyclic) bond motifs is 3. The fourth-order valence-electron chi connectivity index (χ4n) is 3.23. The van der Waals surface area contributed by atoms with Crippen LogP contribution in [0.15, 0.2) is 29.3 Å². The molecule has 1 aromatic carbocycles. The summed E-state index contributed by atoms with van der Waals surface area (Å²) in [6.07, 6.45) is 1.36. The molecule has 3 rings (SSSR count). The molecule has 0 bridgehead atoms. The van der Waals surface area contributed by atoms with E-state index in [1.807, 2.05) is 38.1 Å². The average Bonchev–Trinajstić information content (AvgIpc) is 2.91. The van der Waals surface area contributed by atoms with Gasteiger partial charge >= 0.3 is 12.1 Å². The molecule has 1 aromatic rings. The average molecular weight is 315 g/mol. The molecule has 7 nitrogen and oxygen atoms in total. The van der Waals surface area contributed by atoms with E-state index in [1.54, 1.807) is 19.0 Å². The molecule has 122 valence electrons. The third kappa shape index (κ3) is 1.92. The smallest absolute Gasteiger partial charge is 0.333 e. The molecule has 2 heterocycles. The minimum Gasteiger partial charge on any atom is -0.340 e. The monoisotopic (exact) mass is 315 g/mol. The van der Waals surface area contributed by atoms with Gasteiger partial charge in [-0.25, -0.2) is 24.4 Å². The lowest BCUT2D eigenvalue weighted by Gasteiger charge is -2.43. The largest absolute Gasteiger partial charge is 0.340 e. The van der Waals surface area contributed by atoms with Crippen LogP contribution in [-0.2, 0) is 0 Å². The van der Waals surface area contributed by atoms with Crippen LogP contribution in [0.5, 0.6) is 0 Å². The van der Waals surface area contributed by atoms with Crippen LogP contribution in [0.4, 0.5) is 21.0 Å². The third-order valence-electron chi connectivity index (χ3n) is 4.72. The van der Waals surface area contributed by atoms with E-state index in [0.717, 1.165) is 0 Å². The zero-order valence-electron chi connectivity index (χ0n) is 13.8. The van der Waals surface area contributed by atoms with Crippen molar-refractivity contribution in [1.29, 1.82) is 0 Å². The molecule has 1 N–H and O–H groups in total. The summed E-state index contributed by atoms with van der Waals surface area (Å²) in [5.41, 5.74) is 0.708. The number of carbonyl (C=O) groups is 2. The van der Waals surface area contributed by atoms with Gasteiger partial charge in [0, 0.05) is 14.1 Å². The zero-order chi connectivity index (χ0) is 16.8. The summed E-state index contributed by atoms with van der Waals surface area (Å²) in [6, 6.07) is 6.85. The molecule has 7 heteroatoms. The minimum atomic E-state index is -0.628. The molecule has 0 atom stereocenters. The van der Waals surface area contributed by atoms with Crippen molar-refractivity contribution >= 4 is 29.4 Å². The molecule has 0 radical (unpaired) electrons. The van der Waals surface area contributed by atoms with Gasteiger partial charge < -0.3 is 10.2 Å². The van der Waals surface area contributed by atoms with Crippen molar-refractivity contribution in [3.05, 3.63) is 24.3 Å². The second-order valence-electron chi connectivity index (χ2n) is 5.66. The van der Waals surface area contributed by atoms with Gasteiger partial charge in [0.25, 0.3) is 0 Å². The summed E-state index contributed by atoms with van der Waals surface area (Å²) < 4.78 is 0. The van der Waals surface area contributed by atoms with E-state index >= 15 is 0 Å². The Morgan fingerprint density at radius 2 is 1.83 bits per heavy atom. The fourth-order valence-corrected chi connectivity index (χ4v) is 3.23. The van der Waals surface area contributed by atoms with Gasteiger partial charge in [0.2, 0.25) is 5.96 Å². The first kappa shape index (κ1) is 15.3. The quantitative estimate of drug-likeness (QED) is 0.911. The Hall–Kier alpha value is -2.57. The number of aliphatic imine (C=N–C) groups is 1. The van der Waals surface area contributed by atoms with Crippen LogP contribution in [0, 0.1) is 0 Å². The van der Waals surface area contributed by atoms with Crippen LogP contribution in [0.2, 0.25) is 0 Å². The number of nitrogens with zero attached hydrogens (tertiary/aromatic N) is 4. The number of carbonyl (C=O) groups excluding carboxylic acids is 2. The molecule has 4 amide bonds. The number of para-hydroxylation sites is 2. The molecule has 0 unspecified atom stereocenters. The number of hydrogen-bond acceptors (Lipinski definition) is 3. The van der Waals surface area contributed by atoms with Crippen LogP contribution in [0.3, 0.4) is 0 Å². The first-order valence-electron chi connectivity index (χ1n) is 7.79. The second kappa shape index (κ2) is 5.26. The van der Waals surface area contributed by atoms with Crippen molar-refractivity contribution < 1.29 is 9.59 Å². The van der Waals surface area contributed by atoms with Gasteiger partial charge in [-0.1, -0.05) is 26.0 Å². The Morgan fingerprint density at radius 1 is 1.22 bits per heavy atom. The van der Waals surface area contributed by atoms with Crippen molar-refractivity contribution in [2.45, 2.75) is 32.4 Å². The number of guanidine groups is 1. The number of amides is 4. The zero-order valence-corrected chi connectivity index (χ0v) is 13.8. The van der Waals surface area contributed by atoms with Gasteiger partial charge in [-0.05, 0) is 25.0 Å². The van der Waals surface area contributed by atoms with Gasteiger partial charge in [0.15, 0.2) is 0 Å². The highest BCUT2D eigenvalue weighted by Crippen LogP contribution is 2.42. The summed E-state index contributed by atoms with van der Waals surface area (Å²) in [7, 11) is 3.33. The molecular weight excluding hydrogens is 294 g/mol. The number of anilines is 2. The van der Waals surface area contributed by atoms with Crippen LogP contribution in [-0.4, -0.2) is 42.7 Å². The summed E-state index contributed by atoms with van der Waals surface area (Å²) in [5.74, 6) is 0.373. The van der Waals surface area contributed by atoms with Gasteiger partial charge in [0.05, 0.1) is 11.4 Å². The number of benzene rings is 1. The summed E-state index contributed by atoms with van der Waals surface area (Å²) in [6.45, 7) is 4.00. The fraction of sp³-hybridized carbons (Fsp3) is 0.438. The number of urea groups is 2. The Morgan fingerprint density at radius 3 is 2.39 bits per heavy atom. The molecule has 2 aliphatic heterocycles. The number of hydrogen-bond donors (Lipinski definition) is 1. The van der Waals surface area contributed by atoms with E-state index in [9.17, 15) is 9.59 Å². The van der Waals surface area contributed by atoms with Crippen LogP contribution >= 0.6 is 0 Å². The Kier molecular flexibility index (Phi) is 3.50. The summed E-state index contributed by atoms with van der Waals surface area (Å²) in [4.78, 5) is 34.8. The molecular formula is C16H21N5O2. The second-order valence-corrected chi connectivity index (χ2v) is 5.66. The maximum Gasteiger partial charge on any atom is 0.333 e. The van der Waals surface area contributed by atoms with Crippen molar-refractivity contribution in [3.8, 4) is 0 Å². The highest BCUT2D eigenvalue weighted by Gasteiger charge is 2.49. The van der Waals surface area contributed by atoms with E-state index < -0.39 is 5.66 Å². The Balaban J connectivity index is 2.25. The van der Waals surface area contributed by atoms with Crippen LogP contribution < -0.4 is 15.1 Å². The lowest BCUT2D eigenvalue weighted by molar-refractivity contribution is 0.133. The predicted molar refractivity (Wildman–Crippen MR) is 89.8 cm³/mol. The van der Waals surface area contributed by atoms with E-state index in [0.29, 0.717) is 30.2 Å². The van der Waals surface area contributed by atoms with E-state index in [1.165, 1.54) is 9.80 Å². The number of nitrogens with one attached hydrogen (secondary N) is 1. The Bertz CT molecular complexity index is 680. The SMILES string of the molecule is CCC1(CC)N=C2N(C(=O)NC)c3ccccc3N2C(=O)N1C. The maximum absolute atomic E-state index is 13.0. The van der Waals surface area contributed by atoms with Crippen molar-refractivity contribution in [3.63, 3.8) is 0 Å². The third-order valence-corrected chi connectivity index (χ3v) is 4.72. The van der Waals surface area contributed by atoms with Gasteiger partial charge in [-0.3, -0.25) is 0 Å². The summed E-state index contributed by atoms with van der Waals surface area (Å²) >= 11 is 0. The summed E-state index contributed by atoms with van der Waals surface area (Å²) in [5, 5.41) is 2.62. The van der Waals surface area contributed by atoms with Crippen molar-refractivity contribution in [2.75, 3.05) is 23.9 Å². The van der Waals surface area contributed by atoms with Gasteiger partial charge in [-0.2, -0.15) is 0 Å². The van der Waals surface area contributed by atoms with Gasteiger partial charge in [-0.15, -0.1) is 0 Å². The molecule has 23 heavy (non-hydrogen) atoms. The van der Waals surface area contributed by atoms with Crippen molar-refractivity contribution in [1.82, 2.24) is 10.2 Å². The molecule has 2 aliphatic rings. The van der Waals surface area contributed by atoms with E-state index in [-0.39, 0.29) is 12.1 Å². The molecule has 0 saturated carbocycles. The Labute approximate surface area is 135 Å². The first-order chi connectivity index (χ1) is 11.0. The van der Waals surface area contributed by atoms with Crippen LogP contribution in [0.1, 0.15) is 26.7 Å². The van der Waals surface area contributed by atoms with E-state index in [4.69, 9.17) is 4.99 Å². The lowest BCUT2D eigenvalue weighted by Crippen LogP contribution is -2.62. The molecule has 0 aromatic heterocycles. The molecule has 0 spiro atoms. The topological polar surface area (TPSA) is 68.2 Å². The maximum atomic E-state index is 13.0. The number of rotatable bonds is 2. The minimum absolute atomic E-state index is 0.169. The predicted octanol–water partition coefficient (Wildman–Crippen LogP) is 2.59. The highest BCUT2D eigenvalue weighted by molar-refractivity contribution is 6.35. The normalized spacial score (nSPS) is 18.5. The molecule has 0 aliphatic carbocycles. The first-order valence-corrected chi connectivity index (χ1v) is 7.79. The molecule has 0 fully saturated rings.